The van der Waals surface area contributed by atoms with Crippen molar-refractivity contribution in [1.82, 2.24) is 5.32 Å². The van der Waals surface area contributed by atoms with Crippen molar-refractivity contribution in [2.24, 2.45) is 0 Å². The van der Waals surface area contributed by atoms with Crippen LogP contribution in [0.4, 0.5) is 5.69 Å². The highest BCUT2D eigenvalue weighted by Crippen LogP contribution is 2.22. The molecule has 0 aliphatic rings. The monoisotopic (exact) mass is 384 g/mol. The van der Waals surface area contributed by atoms with E-state index in [1.165, 1.54) is 37.5 Å². The number of carbonyl (C=O) groups excluding carboxylic acids is 3. The molecule has 2 rings (SSSR count). The minimum atomic E-state index is -1.08. The Morgan fingerprint density at radius 3 is 2.48 bits per heavy atom. The first kappa shape index (κ1) is 18.8. The molecule has 2 aromatic rings. The van der Waals surface area contributed by atoms with Gasteiger partial charge in [-0.25, -0.2) is 0 Å². The summed E-state index contributed by atoms with van der Waals surface area (Å²) in [5.41, 5.74) is 0.372. The number of carbonyl (C=O) groups is 3. The maximum atomic E-state index is 12.0. The first-order valence-electron chi connectivity index (χ1n) is 7.13. The van der Waals surface area contributed by atoms with Crippen LogP contribution in [-0.4, -0.2) is 30.4 Å². The Morgan fingerprint density at radius 2 is 1.88 bits per heavy atom. The molecule has 0 saturated heterocycles. The fourth-order valence-electron chi connectivity index (χ4n) is 1.81. The zero-order chi connectivity index (χ0) is 18.4. The van der Waals surface area contributed by atoms with Crippen molar-refractivity contribution >= 4 is 46.7 Å². The molecule has 25 heavy (non-hydrogen) atoms. The number of hydrogen-bond donors (Lipinski definition) is 2. The van der Waals surface area contributed by atoms with Gasteiger partial charge >= 0.3 is 5.97 Å². The minimum absolute atomic E-state index is 0.0661. The van der Waals surface area contributed by atoms with Crippen molar-refractivity contribution in [3.63, 3.8) is 0 Å². The van der Waals surface area contributed by atoms with E-state index in [-0.39, 0.29) is 5.76 Å². The molecule has 0 aliphatic carbocycles. The molecule has 0 spiro atoms. The lowest BCUT2D eigenvalue weighted by Crippen LogP contribution is -2.35. The molecule has 0 bridgehead atoms. The summed E-state index contributed by atoms with van der Waals surface area (Å²) >= 11 is 11.7. The first-order chi connectivity index (χ1) is 11.8. The third-order valence-corrected chi connectivity index (χ3v) is 3.38. The highest BCUT2D eigenvalue weighted by Gasteiger charge is 2.19. The number of anilines is 1. The van der Waals surface area contributed by atoms with Gasteiger partial charge in [0.25, 0.3) is 11.8 Å². The molecule has 1 aromatic heterocycles. The number of nitrogens with one attached hydrogen (secondary N) is 2. The molecule has 0 fully saturated rings. The maximum absolute atomic E-state index is 12.0. The molecule has 1 atom stereocenters. The van der Waals surface area contributed by atoms with Crippen LogP contribution in [0.1, 0.15) is 17.5 Å². The highest BCUT2D eigenvalue weighted by atomic mass is 35.5. The first-order valence-corrected chi connectivity index (χ1v) is 7.89. The molecule has 2 N–H and O–H groups in total. The molecular formula is C16H14Cl2N2O5. The normalized spacial score (nSPS) is 11.5. The summed E-state index contributed by atoms with van der Waals surface area (Å²) in [6, 6.07) is 7.52. The molecule has 0 unspecified atom stereocenters. The molecule has 0 saturated carbocycles. The van der Waals surface area contributed by atoms with E-state index in [2.05, 4.69) is 10.6 Å². The van der Waals surface area contributed by atoms with E-state index in [0.29, 0.717) is 15.7 Å². The van der Waals surface area contributed by atoms with E-state index >= 15 is 0 Å². The van der Waals surface area contributed by atoms with E-state index in [4.69, 9.17) is 32.4 Å². The summed E-state index contributed by atoms with van der Waals surface area (Å²) in [6.45, 7) is 0.994. The van der Waals surface area contributed by atoms with E-state index in [0.717, 1.165) is 0 Å². The molecule has 132 valence electrons. The topological polar surface area (TPSA) is 97.6 Å². The number of halogens is 2. The largest absolute Gasteiger partial charge is 0.459 e. The van der Waals surface area contributed by atoms with Gasteiger partial charge in [0.1, 0.15) is 6.54 Å². The Hall–Kier alpha value is -2.51. The zero-order valence-electron chi connectivity index (χ0n) is 13.0. The standard InChI is InChI=1S/C16H14Cl2N2O5/c1-9(15(22)20-12-6-10(17)5-11(18)7-12)25-14(21)8-19-16(23)13-3-2-4-24-13/h2-7,9H,8H2,1H3,(H,19,23)(H,20,22)/t9-/m1/s1. The van der Waals surface area contributed by atoms with Crippen LogP contribution in [0.25, 0.3) is 0 Å². The lowest BCUT2D eigenvalue weighted by Gasteiger charge is -2.14. The number of ether oxygens (including phenoxy) is 1. The van der Waals surface area contributed by atoms with E-state index < -0.39 is 30.4 Å². The molecule has 1 aromatic carbocycles. The predicted octanol–water partition coefficient (Wildman–Crippen LogP) is 2.89. The molecule has 0 aliphatic heterocycles. The number of hydrogen-bond acceptors (Lipinski definition) is 5. The summed E-state index contributed by atoms with van der Waals surface area (Å²) in [5.74, 6) is -1.83. The van der Waals surface area contributed by atoms with Gasteiger partial charge in [-0.1, -0.05) is 23.2 Å². The van der Waals surface area contributed by atoms with Crippen LogP contribution in [0.5, 0.6) is 0 Å². The smallest absolute Gasteiger partial charge is 0.326 e. The summed E-state index contributed by atoms with van der Waals surface area (Å²) in [5, 5.41) is 5.56. The molecule has 9 heteroatoms. The van der Waals surface area contributed by atoms with Crippen molar-refractivity contribution in [3.8, 4) is 0 Å². The van der Waals surface area contributed by atoms with Gasteiger partial charge in [0, 0.05) is 15.7 Å². The van der Waals surface area contributed by atoms with Crippen molar-refractivity contribution in [2.75, 3.05) is 11.9 Å². The van der Waals surface area contributed by atoms with E-state index in [9.17, 15) is 14.4 Å². The van der Waals surface area contributed by atoms with Crippen molar-refractivity contribution in [3.05, 3.63) is 52.4 Å². The van der Waals surface area contributed by atoms with E-state index in [1.807, 2.05) is 0 Å². The summed E-state index contributed by atoms with van der Waals surface area (Å²) in [6.07, 6.45) is 0.257. The Balaban J connectivity index is 1.81. The van der Waals surface area contributed by atoms with Crippen molar-refractivity contribution in [2.45, 2.75) is 13.0 Å². The van der Waals surface area contributed by atoms with Gasteiger partial charge < -0.3 is 19.8 Å². The van der Waals surface area contributed by atoms with Crippen LogP contribution in [-0.2, 0) is 14.3 Å². The Morgan fingerprint density at radius 1 is 1.20 bits per heavy atom. The quantitative estimate of drug-likeness (QED) is 0.746. The molecular weight excluding hydrogens is 371 g/mol. The third kappa shape index (κ3) is 5.81. The highest BCUT2D eigenvalue weighted by molar-refractivity contribution is 6.35. The molecule has 0 radical (unpaired) electrons. The average molecular weight is 385 g/mol. The van der Waals surface area contributed by atoms with Crippen molar-refractivity contribution < 1.29 is 23.5 Å². The van der Waals surface area contributed by atoms with Crippen LogP contribution >= 0.6 is 23.2 Å². The van der Waals surface area contributed by atoms with Crippen molar-refractivity contribution in [1.29, 1.82) is 0 Å². The van der Waals surface area contributed by atoms with Gasteiger partial charge in [-0.3, -0.25) is 14.4 Å². The average Bonchev–Trinajstić information content (AvgIpc) is 3.06. The molecule has 2 amide bonds. The summed E-state index contributed by atoms with van der Waals surface area (Å²) in [7, 11) is 0. The second kappa shape index (κ2) is 8.55. The Labute approximate surface area is 153 Å². The van der Waals surface area contributed by atoms with Gasteiger partial charge in [0.2, 0.25) is 0 Å². The van der Waals surface area contributed by atoms with Gasteiger partial charge in [0.05, 0.1) is 6.26 Å². The molecule has 7 nitrogen and oxygen atoms in total. The minimum Gasteiger partial charge on any atom is -0.459 e. The fraction of sp³-hybridized carbons (Fsp3) is 0.188. The van der Waals surface area contributed by atoms with Gasteiger partial charge in [-0.2, -0.15) is 0 Å². The summed E-state index contributed by atoms with van der Waals surface area (Å²) < 4.78 is 9.83. The Kier molecular flexibility index (Phi) is 6.44. The maximum Gasteiger partial charge on any atom is 0.326 e. The Bertz CT molecular complexity index is 757. The van der Waals surface area contributed by atoms with Crippen LogP contribution in [0.3, 0.4) is 0 Å². The SMILES string of the molecule is C[C@@H](OC(=O)CNC(=O)c1ccco1)C(=O)Nc1cc(Cl)cc(Cl)c1. The fourth-order valence-corrected chi connectivity index (χ4v) is 2.34. The number of rotatable bonds is 6. The third-order valence-electron chi connectivity index (χ3n) is 2.95. The second-order valence-electron chi connectivity index (χ2n) is 4.94. The second-order valence-corrected chi connectivity index (χ2v) is 5.81. The van der Waals surface area contributed by atoms with Gasteiger partial charge in [-0.05, 0) is 37.3 Å². The number of benzene rings is 1. The van der Waals surface area contributed by atoms with Crippen LogP contribution in [0.2, 0.25) is 10.0 Å². The van der Waals surface area contributed by atoms with Gasteiger partial charge in [-0.15, -0.1) is 0 Å². The molecule has 1 heterocycles. The lowest BCUT2D eigenvalue weighted by atomic mass is 10.3. The van der Waals surface area contributed by atoms with Crippen LogP contribution in [0, 0.1) is 0 Å². The lowest BCUT2D eigenvalue weighted by molar-refractivity contribution is -0.152. The van der Waals surface area contributed by atoms with Crippen LogP contribution < -0.4 is 10.6 Å². The number of furan rings is 1. The van der Waals surface area contributed by atoms with Crippen LogP contribution in [0.15, 0.2) is 41.0 Å². The number of esters is 1. The van der Waals surface area contributed by atoms with Gasteiger partial charge in [0.15, 0.2) is 11.9 Å². The van der Waals surface area contributed by atoms with E-state index in [1.54, 1.807) is 6.07 Å². The predicted molar refractivity (Wildman–Crippen MR) is 91.7 cm³/mol. The zero-order valence-corrected chi connectivity index (χ0v) is 14.6. The number of amides is 2. The summed E-state index contributed by atoms with van der Waals surface area (Å²) in [4.78, 5) is 35.3.